The molecule has 0 aliphatic heterocycles. The fourth-order valence-corrected chi connectivity index (χ4v) is 2.44. The van der Waals surface area contributed by atoms with Gasteiger partial charge in [-0.3, -0.25) is 9.78 Å². The van der Waals surface area contributed by atoms with Gasteiger partial charge >= 0.3 is 5.97 Å². The van der Waals surface area contributed by atoms with Crippen molar-refractivity contribution in [3.8, 4) is 11.5 Å². The van der Waals surface area contributed by atoms with Crippen LogP contribution in [0.1, 0.15) is 31.9 Å². The van der Waals surface area contributed by atoms with E-state index in [1.807, 2.05) is 44.2 Å². The number of rotatable bonds is 10. The van der Waals surface area contributed by atoms with Crippen LogP contribution in [0.4, 0.5) is 0 Å². The summed E-state index contributed by atoms with van der Waals surface area (Å²) in [6, 6.07) is 9.64. The molecule has 0 amide bonds. The first-order valence-electron chi connectivity index (χ1n) is 8.73. The molecule has 0 bridgehead atoms. The maximum absolute atomic E-state index is 11.1. The van der Waals surface area contributed by atoms with Gasteiger partial charge in [0.2, 0.25) is 0 Å². The van der Waals surface area contributed by atoms with Crippen LogP contribution in [0, 0.1) is 0 Å². The van der Waals surface area contributed by atoms with Gasteiger partial charge in [0.05, 0.1) is 12.8 Å². The number of aromatic nitrogens is 1. The van der Waals surface area contributed by atoms with Crippen molar-refractivity contribution in [1.29, 1.82) is 0 Å². The maximum Gasteiger partial charge on any atom is 0.302 e. The van der Waals surface area contributed by atoms with E-state index in [0.29, 0.717) is 19.7 Å². The SMILES string of the molecule is CCOc1ccc(CNC[C@H](C)Oc2cccnc2)cc1COC(C)=O. The summed E-state index contributed by atoms with van der Waals surface area (Å²) in [5.74, 6) is 1.19. The average molecular weight is 358 g/mol. The number of nitrogens with zero attached hydrogens (tertiary/aromatic N) is 1. The van der Waals surface area contributed by atoms with Gasteiger partial charge in [-0.1, -0.05) is 6.07 Å². The molecule has 0 radical (unpaired) electrons. The number of nitrogens with one attached hydrogen (secondary N) is 1. The Labute approximate surface area is 154 Å². The lowest BCUT2D eigenvalue weighted by atomic mass is 10.1. The summed E-state index contributed by atoms with van der Waals surface area (Å²) in [4.78, 5) is 15.1. The van der Waals surface area contributed by atoms with Crippen molar-refractivity contribution in [2.75, 3.05) is 13.2 Å². The Morgan fingerprint density at radius 3 is 2.85 bits per heavy atom. The molecular weight excluding hydrogens is 332 g/mol. The van der Waals surface area contributed by atoms with Gasteiger partial charge in [-0.15, -0.1) is 0 Å². The van der Waals surface area contributed by atoms with Gasteiger partial charge < -0.3 is 19.5 Å². The summed E-state index contributed by atoms with van der Waals surface area (Å²) in [5.41, 5.74) is 1.95. The minimum absolute atomic E-state index is 0.0161. The second-order valence-electron chi connectivity index (χ2n) is 5.90. The number of benzene rings is 1. The normalized spacial score (nSPS) is 11.7. The van der Waals surface area contributed by atoms with Crippen LogP contribution in [0.25, 0.3) is 0 Å². The Kier molecular flexibility index (Phi) is 7.89. The van der Waals surface area contributed by atoms with Crippen molar-refractivity contribution < 1.29 is 19.0 Å². The van der Waals surface area contributed by atoms with Crippen LogP contribution in [0.5, 0.6) is 11.5 Å². The van der Waals surface area contributed by atoms with Crippen molar-refractivity contribution in [2.24, 2.45) is 0 Å². The molecule has 1 atom stereocenters. The van der Waals surface area contributed by atoms with Gasteiger partial charge in [0, 0.05) is 31.8 Å². The first kappa shape index (κ1) is 19.7. The number of pyridine rings is 1. The van der Waals surface area contributed by atoms with Crippen LogP contribution in [0.3, 0.4) is 0 Å². The van der Waals surface area contributed by atoms with Crippen molar-refractivity contribution in [1.82, 2.24) is 10.3 Å². The quantitative estimate of drug-likeness (QED) is 0.658. The molecular formula is C20H26N2O4. The van der Waals surface area contributed by atoms with Gasteiger partial charge in [-0.05, 0) is 43.7 Å². The second kappa shape index (κ2) is 10.4. The molecule has 0 saturated carbocycles. The highest BCUT2D eigenvalue weighted by molar-refractivity contribution is 5.66. The van der Waals surface area contributed by atoms with Crippen LogP contribution in [-0.2, 0) is 22.7 Å². The zero-order valence-electron chi connectivity index (χ0n) is 15.5. The van der Waals surface area contributed by atoms with E-state index in [-0.39, 0.29) is 18.7 Å². The van der Waals surface area contributed by atoms with E-state index < -0.39 is 0 Å². The Morgan fingerprint density at radius 1 is 1.31 bits per heavy atom. The molecule has 6 heteroatoms. The van der Waals surface area contributed by atoms with Crippen molar-refractivity contribution in [3.05, 3.63) is 53.9 Å². The van der Waals surface area contributed by atoms with E-state index in [0.717, 1.165) is 22.6 Å². The molecule has 0 aliphatic carbocycles. The minimum Gasteiger partial charge on any atom is -0.493 e. The van der Waals surface area contributed by atoms with Crippen LogP contribution >= 0.6 is 0 Å². The van der Waals surface area contributed by atoms with E-state index in [2.05, 4.69) is 10.3 Å². The molecule has 6 nitrogen and oxygen atoms in total. The standard InChI is InChI=1S/C20H26N2O4/c1-4-24-20-8-7-17(10-18(20)14-25-16(3)23)12-22-11-15(2)26-19-6-5-9-21-13-19/h5-10,13,15,22H,4,11-12,14H2,1-3H3/t15-/m0/s1. The lowest BCUT2D eigenvalue weighted by molar-refractivity contribution is -0.142. The molecule has 140 valence electrons. The molecule has 0 aliphatic rings. The summed E-state index contributed by atoms with van der Waals surface area (Å²) in [6.07, 6.45) is 3.43. The summed E-state index contributed by atoms with van der Waals surface area (Å²) in [5, 5.41) is 3.37. The molecule has 2 aromatic rings. The molecule has 0 saturated heterocycles. The van der Waals surface area contributed by atoms with Crippen LogP contribution in [-0.4, -0.2) is 30.2 Å². The Bertz CT molecular complexity index is 691. The average Bonchev–Trinajstić information content (AvgIpc) is 2.62. The highest BCUT2D eigenvalue weighted by atomic mass is 16.5. The van der Waals surface area contributed by atoms with E-state index in [1.54, 1.807) is 12.4 Å². The Morgan fingerprint density at radius 2 is 2.15 bits per heavy atom. The fourth-order valence-electron chi connectivity index (χ4n) is 2.44. The van der Waals surface area contributed by atoms with Crippen molar-refractivity contribution >= 4 is 5.97 Å². The van der Waals surface area contributed by atoms with Gasteiger partial charge in [-0.25, -0.2) is 0 Å². The zero-order chi connectivity index (χ0) is 18.8. The third-order valence-electron chi connectivity index (χ3n) is 3.59. The number of hydrogen-bond donors (Lipinski definition) is 1. The van der Waals surface area contributed by atoms with Crippen molar-refractivity contribution in [3.63, 3.8) is 0 Å². The summed E-state index contributed by atoms with van der Waals surface area (Å²) in [6.45, 7) is 7.48. The summed E-state index contributed by atoms with van der Waals surface area (Å²) < 4.78 is 16.5. The predicted octanol–water partition coefficient (Wildman–Crippen LogP) is 3.10. The molecule has 1 N–H and O–H groups in total. The Hall–Kier alpha value is -2.60. The van der Waals surface area contributed by atoms with E-state index in [1.165, 1.54) is 6.92 Å². The summed E-state index contributed by atoms with van der Waals surface area (Å²) in [7, 11) is 0. The Balaban J connectivity index is 1.87. The first-order valence-corrected chi connectivity index (χ1v) is 8.73. The van der Waals surface area contributed by atoms with Gasteiger partial charge in [0.1, 0.15) is 24.2 Å². The molecule has 1 heterocycles. The molecule has 1 aromatic heterocycles. The number of hydrogen-bond acceptors (Lipinski definition) is 6. The largest absolute Gasteiger partial charge is 0.493 e. The summed E-state index contributed by atoms with van der Waals surface area (Å²) >= 11 is 0. The number of esters is 1. The predicted molar refractivity (Wildman–Crippen MR) is 99.1 cm³/mol. The third-order valence-corrected chi connectivity index (χ3v) is 3.59. The molecule has 26 heavy (non-hydrogen) atoms. The third kappa shape index (κ3) is 6.72. The maximum atomic E-state index is 11.1. The number of ether oxygens (including phenoxy) is 3. The molecule has 2 rings (SSSR count). The highest BCUT2D eigenvalue weighted by Crippen LogP contribution is 2.21. The topological polar surface area (TPSA) is 69.7 Å². The lowest BCUT2D eigenvalue weighted by Crippen LogP contribution is -2.28. The highest BCUT2D eigenvalue weighted by Gasteiger charge is 2.08. The monoisotopic (exact) mass is 358 g/mol. The number of carbonyl (C=O) groups is 1. The van der Waals surface area contributed by atoms with Crippen LogP contribution in [0.15, 0.2) is 42.7 Å². The van der Waals surface area contributed by atoms with E-state index in [9.17, 15) is 4.79 Å². The van der Waals surface area contributed by atoms with Gasteiger partial charge in [0.15, 0.2) is 0 Å². The molecule has 0 spiro atoms. The first-order chi connectivity index (χ1) is 12.6. The van der Waals surface area contributed by atoms with E-state index in [4.69, 9.17) is 14.2 Å². The second-order valence-corrected chi connectivity index (χ2v) is 5.90. The van der Waals surface area contributed by atoms with Crippen LogP contribution < -0.4 is 14.8 Å². The van der Waals surface area contributed by atoms with Gasteiger partial charge in [0.25, 0.3) is 0 Å². The fraction of sp³-hybridized carbons (Fsp3) is 0.400. The van der Waals surface area contributed by atoms with Crippen molar-refractivity contribution in [2.45, 2.75) is 40.0 Å². The number of carbonyl (C=O) groups excluding carboxylic acids is 1. The molecule has 0 fully saturated rings. The molecule has 1 aromatic carbocycles. The zero-order valence-corrected chi connectivity index (χ0v) is 15.5. The van der Waals surface area contributed by atoms with Crippen LogP contribution in [0.2, 0.25) is 0 Å². The van der Waals surface area contributed by atoms with Gasteiger partial charge in [-0.2, -0.15) is 0 Å². The minimum atomic E-state index is -0.308. The molecule has 0 unspecified atom stereocenters. The smallest absolute Gasteiger partial charge is 0.302 e. The lowest BCUT2D eigenvalue weighted by Gasteiger charge is -2.16. The van der Waals surface area contributed by atoms with E-state index >= 15 is 0 Å².